The number of aromatic hydroxyl groups is 1. The third-order valence-electron chi connectivity index (χ3n) is 4.98. The van der Waals surface area contributed by atoms with Crippen molar-refractivity contribution >= 4 is 73.7 Å². The molecule has 0 unspecified atom stereocenters. The number of carbonyl (C=O) groups excluding carboxylic acids is 1. The fraction of sp³-hybridized carbons (Fsp3) is 0.381. The maximum atomic E-state index is 12.5. The number of benzene rings is 2. The van der Waals surface area contributed by atoms with Crippen molar-refractivity contribution in [1.82, 2.24) is 5.32 Å². The Morgan fingerprint density at radius 3 is 2.40 bits per heavy atom. The number of amides is 1. The first kappa shape index (κ1) is 24.0. The minimum Gasteiger partial charge on any atom is -0.506 e. The second kappa shape index (κ2) is 11.2. The van der Waals surface area contributed by atoms with Gasteiger partial charge in [0.05, 0.1) is 23.7 Å². The van der Waals surface area contributed by atoms with Crippen molar-refractivity contribution < 1.29 is 14.6 Å². The second-order valence-electron chi connectivity index (χ2n) is 7.30. The summed E-state index contributed by atoms with van der Waals surface area (Å²) < 4.78 is 8.58. The molecule has 1 fully saturated rings. The van der Waals surface area contributed by atoms with Gasteiger partial charge in [0.15, 0.2) is 5.75 Å². The number of ether oxygens (including phenoxy) is 1. The van der Waals surface area contributed by atoms with Gasteiger partial charge in [-0.1, -0.05) is 19.3 Å². The summed E-state index contributed by atoms with van der Waals surface area (Å²) in [5.41, 5.74) is 8.57. The lowest BCUT2D eigenvalue weighted by molar-refractivity contribution is -0.121. The van der Waals surface area contributed by atoms with Gasteiger partial charge in [0.2, 0.25) is 5.91 Å². The van der Waals surface area contributed by atoms with E-state index >= 15 is 0 Å². The number of phenols is 1. The van der Waals surface area contributed by atoms with Crippen LogP contribution in [0.4, 0.5) is 0 Å². The summed E-state index contributed by atoms with van der Waals surface area (Å²) in [4.78, 5) is 12.5. The van der Waals surface area contributed by atoms with Gasteiger partial charge >= 0.3 is 0 Å². The Bertz CT molecular complexity index is 924. The van der Waals surface area contributed by atoms with Crippen molar-refractivity contribution in [3.8, 4) is 17.2 Å². The summed E-state index contributed by atoms with van der Waals surface area (Å²) in [6.45, 7) is 0.0995. The predicted octanol–water partition coefficient (Wildman–Crippen LogP) is 6.52. The van der Waals surface area contributed by atoms with E-state index in [0.717, 1.165) is 25.5 Å². The van der Waals surface area contributed by atoms with Crippen LogP contribution in [-0.4, -0.2) is 17.1 Å². The molecule has 3 rings (SSSR count). The Morgan fingerprint density at radius 2 is 1.77 bits per heavy atom. The quantitative estimate of drug-likeness (QED) is 0.223. The Hall–Kier alpha value is -0.700. The van der Waals surface area contributed by atoms with Crippen LogP contribution in [0.3, 0.4) is 0 Å². The van der Waals surface area contributed by atoms with E-state index in [-0.39, 0.29) is 18.2 Å². The third kappa shape index (κ3) is 6.40. The van der Waals surface area contributed by atoms with E-state index in [2.05, 4.69) is 55.6 Å². The van der Waals surface area contributed by atoms with Gasteiger partial charge in [0.1, 0.15) is 11.5 Å². The van der Waals surface area contributed by atoms with Crippen LogP contribution in [0.15, 0.2) is 29.4 Å². The molecule has 2 aromatic carbocycles. The van der Waals surface area contributed by atoms with Crippen molar-refractivity contribution in [3.05, 3.63) is 46.1 Å². The zero-order valence-corrected chi connectivity index (χ0v) is 22.7. The zero-order valence-electron chi connectivity index (χ0n) is 16.2. The molecule has 0 saturated heterocycles. The monoisotopic (exact) mass is 745 g/mol. The average molecular weight is 745 g/mol. The first-order valence-corrected chi connectivity index (χ1v) is 12.9. The van der Waals surface area contributed by atoms with Crippen molar-refractivity contribution in [3.63, 3.8) is 0 Å². The molecule has 1 amide bonds. The highest BCUT2D eigenvalue weighted by atomic mass is 127. The number of nitrogens with one attached hydrogen (secondary N) is 2. The molecule has 0 radical (unpaired) electrons. The zero-order chi connectivity index (χ0) is 21.7. The van der Waals surface area contributed by atoms with Crippen LogP contribution in [0.25, 0.3) is 0 Å². The lowest BCUT2D eigenvalue weighted by Gasteiger charge is -2.22. The Morgan fingerprint density at radius 1 is 1.10 bits per heavy atom. The molecule has 9 heteroatoms. The molecule has 0 aliphatic heterocycles. The molecule has 30 heavy (non-hydrogen) atoms. The molecule has 0 spiro atoms. The van der Waals surface area contributed by atoms with Crippen molar-refractivity contribution in [2.24, 2.45) is 5.11 Å². The molecule has 160 valence electrons. The summed E-state index contributed by atoms with van der Waals surface area (Å²) in [6.07, 6.45) is 6.17. The highest BCUT2D eigenvalue weighted by Gasteiger charge is 2.18. The lowest BCUT2D eigenvalue weighted by atomic mass is 9.95. The van der Waals surface area contributed by atoms with E-state index in [1.165, 1.54) is 19.3 Å². The Balaban J connectivity index is 1.73. The molecule has 0 atom stereocenters. The number of hydrogen-bond donors (Lipinski definition) is 3. The van der Waals surface area contributed by atoms with Gasteiger partial charge < -0.3 is 15.2 Å². The van der Waals surface area contributed by atoms with Gasteiger partial charge in [-0.3, -0.25) is 4.79 Å². The fourth-order valence-corrected chi connectivity index (χ4v) is 6.30. The van der Waals surface area contributed by atoms with Crippen LogP contribution in [-0.2, 0) is 17.8 Å². The Kier molecular flexibility index (Phi) is 8.98. The van der Waals surface area contributed by atoms with Crippen LogP contribution in [0.5, 0.6) is 17.2 Å². The van der Waals surface area contributed by atoms with Crippen LogP contribution in [0.2, 0.25) is 0 Å². The van der Waals surface area contributed by atoms with Gasteiger partial charge in [-0.15, -0.1) is 0 Å². The first-order chi connectivity index (χ1) is 14.4. The molecule has 0 heterocycles. The smallest absolute Gasteiger partial charge is 0.224 e. The third-order valence-corrected chi connectivity index (χ3v) is 7.40. The molecule has 2 aromatic rings. The lowest BCUT2D eigenvalue weighted by Crippen LogP contribution is -2.37. The number of halogens is 3. The van der Waals surface area contributed by atoms with Gasteiger partial charge in [-0.05, 0) is 110 Å². The minimum atomic E-state index is 0.0686. The predicted molar refractivity (Wildman–Crippen MR) is 140 cm³/mol. The van der Waals surface area contributed by atoms with E-state index in [4.69, 9.17) is 10.3 Å². The first-order valence-electron chi connectivity index (χ1n) is 9.67. The van der Waals surface area contributed by atoms with Crippen molar-refractivity contribution in [2.45, 2.75) is 51.1 Å². The van der Waals surface area contributed by atoms with E-state index in [0.29, 0.717) is 33.1 Å². The molecule has 1 aliphatic carbocycles. The Labute approximate surface area is 216 Å². The number of carbonyl (C=O) groups is 1. The second-order valence-corrected chi connectivity index (χ2v) is 10.8. The topological polar surface area (TPSA) is 94.8 Å². The maximum absolute atomic E-state index is 12.5. The van der Waals surface area contributed by atoms with Gasteiger partial charge in [0.25, 0.3) is 0 Å². The van der Waals surface area contributed by atoms with Crippen molar-refractivity contribution in [1.29, 1.82) is 5.53 Å². The largest absolute Gasteiger partial charge is 0.506 e. The van der Waals surface area contributed by atoms with Gasteiger partial charge in [-0.2, -0.15) is 5.11 Å². The molecule has 1 aliphatic rings. The molecular weight excluding hydrogens is 723 g/mol. The summed E-state index contributed by atoms with van der Waals surface area (Å²) in [5.74, 6) is 1.49. The van der Waals surface area contributed by atoms with Crippen LogP contribution in [0.1, 0.15) is 43.2 Å². The standard InChI is InChI=1S/C21H22I3N3O3/c22-16-10-15(9-13(11-26-25)20(16)29)30-21-17(23)6-12(7-18(21)24)8-19(28)27-14-4-2-1-3-5-14/h6-7,9-10,14,25,29H,1-5,8,11H2,(H,27,28). The van der Waals surface area contributed by atoms with Crippen LogP contribution >= 0.6 is 67.8 Å². The number of phenolic OH excluding ortho intramolecular Hbond substituents is 1. The van der Waals surface area contributed by atoms with E-state index in [9.17, 15) is 9.90 Å². The summed E-state index contributed by atoms with van der Waals surface area (Å²) in [5, 5.41) is 16.6. The minimum absolute atomic E-state index is 0.0686. The van der Waals surface area contributed by atoms with E-state index < -0.39 is 0 Å². The van der Waals surface area contributed by atoms with Gasteiger partial charge in [-0.25, -0.2) is 5.53 Å². The number of hydrogen-bond acceptors (Lipinski definition) is 5. The molecule has 3 N–H and O–H groups in total. The highest BCUT2D eigenvalue weighted by Crippen LogP contribution is 2.36. The van der Waals surface area contributed by atoms with Gasteiger partial charge in [0, 0.05) is 11.6 Å². The molecular formula is C21H22I3N3O3. The molecule has 6 nitrogen and oxygen atoms in total. The summed E-state index contributed by atoms with van der Waals surface area (Å²) in [6, 6.07) is 7.72. The van der Waals surface area contributed by atoms with Crippen LogP contribution < -0.4 is 10.1 Å². The highest BCUT2D eigenvalue weighted by molar-refractivity contribution is 14.1. The average Bonchev–Trinajstić information content (AvgIpc) is 2.69. The molecule has 0 bridgehead atoms. The van der Waals surface area contributed by atoms with Crippen LogP contribution in [0, 0.1) is 16.2 Å². The normalized spacial score (nSPS) is 14.4. The molecule has 0 aromatic heterocycles. The van der Waals surface area contributed by atoms with E-state index in [1.54, 1.807) is 12.1 Å². The molecule has 1 saturated carbocycles. The van der Waals surface area contributed by atoms with Crippen molar-refractivity contribution in [2.75, 3.05) is 0 Å². The maximum Gasteiger partial charge on any atom is 0.224 e. The summed E-state index contributed by atoms with van der Waals surface area (Å²) in [7, 11) is 0. The van der Waals surface area contributed by atoms with E-state index in [1.807, 2.05) is 34.7 Å². The number of rotatable bonds is 7. The fourth-order valence-electron chi connectivity index (χ4n) is 3.53. The summed E-state index contributed by atoms with van der Waals surface area (Å²) >= 11 is 6.48. The SMILES string of the molecule is N=NCc1cc(Oc2c(I)cc(CC(=O)NC3CCCCC3)cc2I)cc(I)c1O. The number of nitrogens with zero attached hydrogens (tertiary/aromatic N) is 1.